The maximum absolute atomic E-state index is 5.72. The number of pyridine rings is 1. The van der Waals surface area contributed by atoms with Gasteiger partial charge in [0.05, 0.1) is 5.54 Å². The highest BCUT2D eigenvalue weighted by molar-refractivity contribution is 5.56. The molecule has 0 saturated heterocycles. The molecule has 0 atom stereocenters. The summed E-state index contributed by atoms with van der Waals surface area (Å²) in [4.78, 5) is 4.39. The summed E-state index contributed by atoms with van der Waals surface area (Å²) in [6.07, 6.45) is 5.36. The summed E-state index contributed by atoms with van der Waals surface area (Å²) in [7, 11) is 0. The molecule has 0 unspecified atom stereocenters. The number of aryl methyl sites for hydroxylation is 1. The molecule has 1 aliphatic carbocycles. The minimum atomic E-state index is 0.230. The highest BCUT2D eigenvalue weighted by atomic mass is 16.5. The Morgan fingerprint density at radius 3 is 3.14 bits per heavy atom. The Morgan fingerprint density at radius 1 is 1.57 bits per heavy atom. The molecule has 1 aromatic rings. The van der Waals surface area contributed by atoms with Crippen LogP contribution in [-0.4, -0.2) is 17.1 Å². The summed E-state index contributed by atoms with van der Waals surface area (Å²) >= 11 is 0. The predicted octanol–water partition coefficient (Wildman–Crippen LogP) is 1.98. The number of nitrogens with zero attached hydrogens (tertiary/aromatic N) is 1. The van der Waals surface area contributed by atoms with Crippen molar-refractivity contribution in [2.75, 3.05) is 11.9 Å². The molecule has 1 aromatic heterocycles. The van der Waals surface area contributed by atoms with Crippen molar-refractivity contribution < 1.29 is 4.74 Å². The van der Waals surface area contributed by atoms with E-state index in [-0.39, 0.29) is 5.54 Å². The average molecular weight is 190 g/mol. The molecule has 0 amide bonds. The first-order chi connectivity index (χ1) is 6.81. The quantitative estimate of drug-likeness (QED) is 0.735. The second-order valence-electron chi connectivity index (χ2n) is 4.24. The van der Waals surface area contributed by atoms with Crippen LogP contribution in [-0.2, 0) is 6.42 Å². The predicted molar refractivity (Wildman–Crippen MR) is 54.7 cm³/mol. The SMILES string of the molecule is CCc1cnc2c(c1)OCC1(CC1)N2. The monoisotopic (exact) mass is 190 g/mol. The van der Waals surface area contributed by atoms with E-state index in [0.717, 1.165) is 24.6 Å². The van der Waals surface area contributed by atoms with Gasteiger partial charge in [0, 0.05) is 6.20 Å². The third kappa shape index (κ3) is 1.15. The summed E-state index contributed by atoms with van der Waals surface area (Å²) < 4.78 is 5.72. The van der Waals surface area contributed by atoms with Gasteiger partial charge in [-0.25, -0.2) is 4.98 Å². The van der Waals surface area contributed by atoms with Gasteiger partial charge in [-0.3, -0.25) is 0 Å². The zero-order valence-corrected chi connectivity index (χ0v) is 8.34. The fourth-order valence-electron chi connectivity index (χ4n) is 1.81. The standard InChI is InChI=1S/C11H14N2O/c1-2-8-5-9-10(12-6-8)13-11(3-4-11)7-14-9/h5-6H,2-4,7H2,1H3,(H,12,13). The van der Waals surface area contributed by atoms with Gasteiger partial charge >= 0.3 is 0 Å². The summed E-state index contributed by atoms with van der Waals surface area (Å²) in [5.74, 6) is 1.84. The third-order valence-corrected chi connectivity index (χ3v) is 3.06. The molecule has 3 heteroatoms. The third-order valence-electron chi connectivity index (χ3n) is 3.06. The van der Waals surface area contributed by atoms with E-state index in [9.17, 15) is 0 Å². The molecule has 3 nitrogen and oxygen atoms in total. The maximum atomic E-state index is 5.72. The van der Waals surface area contributed by atoms with Crippen molar-refractivity contribution in [3.63, 3.8) is 0 Å². The van der Waals surface area contributed by atoms with Crippen LogP contribution in [0.3, 0.4) is 0 Å². The lowest BCUT2D eigenvalue weighted by Gasteiger charge is -2.26. The van der Waals surface area contributed by atoms with Gasteiger partial charge in [0.15, 0.2) is 11.6 Å². The lowest BCUT2D eigenvalue weighted by atomic mass is 10.2. The van der Waals surface area contributed by atoms with Gasteiger partial charge in [0.1, 0.15) is 6.61 Å². The number of aromatic nitrogens is 1. The molecule has 1 fully saturated rings. The largest absolute Gasteiger partial charge is 0.487 e. The molecular formula is C11H14N2O. The minimum absolute atomic E-state index is 0.230. The van der Waals surface area contributed by atoms with Gasteiger partial charge in [-0.1, -0.05) is 6.92 Å². The van der Waals surface area contributed by atoms with Crippen LogP contribution in [0, 0.1) is 0 Å². The van der Waals surface area contributed by atoms with Gasteiger partial charge < -0.3 is 10.1 Å². The van der Waals surface area contributed by atoms with E-state index in [2.05, 4.69) is 23.3 Å². The molecule has 1 spiro atoms. The van der Waals surface area contributed by atoms with E-state index in [1.807, 2.05) is 6.20 Å². The molecule has 1 N–H and O–H groups in total. The van der Waals surface area contributed by atoms with Crippen molar-refractivity contribution in [3.8, 4) is 5.75 Å². The molecule has 0 aromatic carbocycles. The number of rotatable bonds is 1. The van der Waals surface area contributed by atoms with Gasteiger partial charge in [-0.15, -0.1) is 0 Å². The lowest BCUT2D eigenvalue weighted by molar-refractivity contribution is 0.273. The van der Waals surface area contributed by atoms with Crippen LogP contribution < -0.4 is 10.1 Å². The average Bonchev–Trinajstić information content (AvgIpc) is 2.97. The molecule has 74 valence electrons. The van der Waals surface area contributed by atoms with Crippen LogP contribution in [0.25, 0.3) is 0 Å². The van der Waals surface area contributed by atoms with Gasteiger partial charge in [0.2, 0.25) is 0 Å². The van der Waals surface area contributed by atoms with E-state index in [0.29, 0.717) is 0 Å². The molecule has 14 heavy (non-hydrogen) atoms. The summed E-state index contributed by atoms with van der Waals surface area (Å²) in [5.41, 5.74) is 1.46. The van der Waals surface area contributed by atoms with Crippen LogP contribution in [0.15, 0.2) is 12.3 Å². The molecule has 3 rings (SSSR count). The fraction of sp³-hybridized carbons (Fsp3) is 0.545. The molecule has 2 aliphatic rings. The van der Waals surface area contributed by atoms with Crippen LogP contribution >= 0.6 is 0 Å². The van der Waals surface area contributed by atoms with E-state index < -0.39 is 0 Å². The number of fused-ring (bicyclic) bond motifs is 1. The Bertz CT molecular complexity index is 372. The number of anilines is 1. The Hall–Kier alpha value is -1.25. The molecule has 0 radical (unpaired) electrons. The Kier molecular flexibility index (Phi) is 1.52. The van der Waals surface area contributed by atoms with Gasteiger partial charge in [-0.05, 0) is 30.9 Å². The van der Waals surface area contributed by atoms with Crippen LogP contribution in [0.5, 0.6) is 5.75 Å². The molecule has 1 aliphatic heterocycles. The van der Waals surface area contributed by atoms with Crippen molar-refractivity contribution in [2.24, 2.45) is 0 Å². The van der Waals surface area contributed by atoms with Crippen molar-refractivity contribution in [3.05, 3.63) is 17.8 Å². The highest BCUT2D eigenvalue weighted by Crippen LogP contribution is 2.44. The molecule has 1 saturated carbocycles. The fourth-order valence-corrected chi connectivity index (χ4v) is 1.81. The van der Waals surface area contributed by atoms with E-state index in [1.54, 1.807) is 0 Å². The van der Waals surface area contributed by atoms with Gasteiger partial charge in [-0.2, -0.15) is 0 Å². The first kappa shape index (κ1) is 8.09. The normalized spacial score (nSPS) is 20.9. The highest BCUT2D eigenvalue weighted by Gasteiger charge is 2.46. The molecule has 0 bridgehead atoms. The molecule has 2 heterocycles. The number of hydrogen-bond acceptors (Lipinski definition) is 3. The smallest absolute Gasteiger partial charge is 0.169 e. The van der Waals surface area contributed by atoms with E-state index in [1.165, 1.54) is 18.4 Å². The second-order valence-corrected chi connectivity index (χ2v) is 4.24. The van der Waals surface area contributed by atoms with Crippen LogP contribution in [0.1, 0.15) is 25.3 Å². The minimum Gasteiger partial charge on any atom is -0.487 e. The first-order valence-electron chi connectivity index (χ1n) is 5.21. The Labute approximate surface area is 83.5 Å². The lowest BCUT2D eigenvalue weighted by Crippen LogP contribution is -2.33. The Morgan fingerprint density at radius 2 is 2.43 bits per heavy atom. The van der Waals surface area contributed by atoms with Crippen LogP contribution in [0.2, 0.25) is 0 Å². The zero-order valence-electron chi connectivity index (χ0n) is 8.34. The van der Waals surface area contributed by atoms with Crippen molar-refractivity contribution in [1.29, 1.82) is 0 Å². The summed E-state index contributed by atoms with van der Waals surface area (Å²) in [6.45, 7) is 2.93. The van der Waals surface area contributed by atoms with Crippen LogP contribution in [0.4, 0.5) is 5.82 Å². The summed E-state index contributed by atoms with van der Waals surface area (Å²) in [6, 6.07) is 2.09. The number of nitrogens with one attached hydrogen (secondary N) is 1. The van der Waals surface area contributed by atoms with E-state index >= 15 is 0 Å². The first-order valence-corrected chi connectivity index (χ1v) is 5.21. The number of ether oxygens (including phenoxy) is 1. The van der Waals surface area contributed by atoms with E-state index in [4.69, 9.17) is 4.74 Å². The maximum Gasteiger partial charge on any atom is 0.169 e. The Balaban J connectivity index is 1.95. The molecular weight excluding hydrogens is 176 g/mol. The second kappa shape index (κ2) is 2.62. The van der Waals surface area contributed by atoms with Crippen molar-refractivity contribution in [2.45, 2.75) is 31.7 Å². The summed E-state index contributed by atoms with van der Waals surface area (Å²) in [5, 5.41) is 3.46. The van der Waals surface area contributed by atoms with Crippen molar-refractivity contribution >= 4 is 5.82 Å². The van der Waals surface area contributed by atoms with Gasteiger partial charge in [0.25, 0.3) is 0 Å². The van der Waals surface area contributed by atoms with Crippen molar-refractivity contribution in [1.82, 2.24) is 4.98 Å². The zero-order chi connectivity index (χ0) is 9.60. The topological polar surface area (TPSA) is 34.1 Å². The number of hydrogen-bond donors (Lipinski definition) is 1.